The highest BCUT2D eigenvalue weighted by atomic mass is 35.5. The molecule has 1 aromatic carbocycles. The first-order valence-corrected chi connectivity index (χ1v) is 5.84. The number of rotatable bonds is 3. The quantitative estimate of drug-likeness (QED) is 0.853. The van der Waals surface area contributed by atoms with Crippen molar-refractivity contribution in [2.24, 2.45) is 5.92 Å². The van der Waals surface area contributed by atoms with Gasteiger partial charge in [-0.25, -0.2) is 0 Å². The molecule has 0 aliphatic carbocycles. The van der Waals surface area contributed by atoms with Crippen LogP contribution >= 0.6 is 11.6 Å². The standard InChI is InChI=1S/C12H14ClNO3/c13-10-1-2-11(9(4-10)7-16)14-5-8(6-15)3-12(14)17/h1-2,4,8,15-16H,3,5-7H2. The molecule has 2 rings (SSSR count). The summed E-state index contributed by atoms with van der Waals surface area (Å²) in [5, 5.41) is 18.9. The van der Waals surface area contributed by atoms with E-state index in [1.807, 2.05) is 0 Å². The van der Waals surface area contributed by atoms with Crippen molar-refractivity contribution in [3.63, 3.8) is 0 Å². The van der Waals surface area contributed by atoms with Crippen LogP contribution in [-0.2, 0) is 11.4 Å². The lowest BCUT2D eigenvalue weighted by Crippen LogP contribution is -2.26. The minimum Gasteiger partial charge on any atom is -0.396 e. The van der Waals surface area contributed by atoms with Crippen molar-refractivity contribution in [2.75, 3.05) is 18.1 Å². The maximum absolute atomic E-state index is 11.8. The van der Waals surface area contributed by atoms with Crippen molar-refractivity contribution in [1.29, 1.82) is 0 Å². The molecular formula is C12H14ClNO3. The van der Waals surface area contributed by atoms with E-state index < -0.39 is 0 Å². The number of hydrogen-bond donors (Lipinski definition) is 2. The molecule has 1 saturated heterocycles. The number of hydrogen-bond acceptors (Lipinski definition) is 3. The molecule has 2 N–H and O–H groups in total. The first kappa shape index (κ1) is 12.4. The van der Waals surface area contributed by atoms with Crippen LogP contribution in [0.5, 0.6) is 0 Å². The molecular weight excluding hydrogens is 242 g/mol. The Hall–Kier alpha value is -1.10. The molecule has 1 aliphatic rings. The van der Waals surface area contributed by atoms with E-state index in [0.29, 0.717) is 29.2 Å². The fraction of sp³-hybridized carbons (Fsp3) is 0.417. The van der Waals surface area contributed by atoms with E-state index >= 15 is 0 Å². The van der Waals surface area contributed by atoms with Gasteiger partial charge in [-0.05, 0) is 18.2 Å². The molecule has 1 atom stereocenters. The molecule has 1 heterocycles. The van der Waals surface area contributed by atoms with Crippen molar-refractivity contribution < 1.29 is 15.0 Å². The highest BCUT2D eigenvalue weighted by Gasteiger charge is 2.31. The van der Waals surface area contributed by atoms with Gasteiger partial charge in [0.1, 0.15) is 0 Å². The molecule has 1 aromatic rings. The molecule has 92 valence electrons. The van der Waals surface area contributed by atoms with Crippen molar-refractivity contribution in [1.82, 2.24) is 0 Å². The lowest BCUT2D eigenvalue weighted by molar-refractivity contribution is -0.117. The van der Waals surface area contributed by atoms with Gasteiger partial charge in [-0.3, -0.25) is 4.79 Å². The van der Waals surface area contributed by atoms with Crippen LogP contribution in [-0.4, -0.2) is 29.3 Å². The first-order chi connectivity index (χ1) is 8.15. The number of anilines is 1. The zero-order chi connectivity index (χ0) is 12.4. The number of benzene rings is 1. The number of amides is 1. The van der Waals surface area contributed by atoms with E-state index in [9.17, 15) is 9.90 Å². The van der Waals surface area contributed by atoms with E-state index in [0.717, 1.165) is 0 Å². The molecule has 0 bridgehead atoms. The normalized spacial score (nSPS) is 20.1. The van der Waals surface area contributed by atoms with Crippen LogP contribution in [0.15, 0.2) is 18.2 Å². The van der Waals surface area contributed by atoms with Crippen LogP contribution in [0, 0.1) is 5.92 Å². The van der Waals surface area contributed by atoms with Crippen molar-refractivity contribution >= 4 is 23.2 Å². The summed E-state index contributed by atoms with van der Waals surface area (Å²) in [7, 11) is 0. The van der Waals surface area contributed by atoms with E-state index in [4.69, 9.17) is 16.7 Å². The lowest BCUT2D eigenvalue weighted by atomic mass is 10.1. The second-order valence-electron chi connectivity index (χ2n) is 4.19. The third-order valence-corrected chi connectivity index (χ3v) is 3.20. The molecule has 5 heteroatoms. The Morgan fingerprint density at radius 2 is 2.18 bits per heavy atom. The van der Waals surface area contributed by atoms with E-state index in [-0.39, 0.29) is 25.0 Å². The van der Waals surface area contributed by atoms with E-state index in [1.165, 1.54) is 0 Å². The molecule has 1 fully saturated rings. The van der Waals surface area contributed by atoms with Crippen LogP contribution in [0.1, 0.15) is 12.0 Å². The summed E-state index contributed by atoms with van der Waals surface area (Å²) in [4.78, 5) is 13.4. The van der Waals surface area contributed by atoms with Crippen LogP contribution in [0.4, 0.5) is 5.69 Å². The molecule has 0 spiro atoms. The van der Waals surface area contributed by atoms with Crippen LogP contribution in [0.3, 0.4) is 0 Å². The molecule has 1 amide bonds. The summed E-state index contributed by atoms with van der Waals surface area (Å²) in [6.07, 6.45) is 0.351. The third kappa shape index (κ3) is 2.44. The smallest absolute Gasteiger partial charge is 0.227 e. The van der Waals surface area contributed by atoms with Gasteiger partial charge in [0.05, 0.1) is 6.61 Å². The Morgan fingerprint density at radius 3 is 2.76 bits per heavy atom. The van der Waals surface area contributed by atoms with Crippen molar-refractivity contribution in [2.45, 2.75) is 13.0 Å². The second kappa shape index (κ2) is 5.04. The predicted molar refractivity (Wildman–Crippen MR) is 64.9 cm³/mol. The topological polar surface area (TPSA) is 60.8 Å². The lowest BCUT2D eigenvalue weighted by Gasteiger charge is -2.19. The number of carbonyl (C=O) groups excluding carboxylic acids is 1. The minimum absolute atomic E-state index is 0.00425. The maximum atomic E-state index is 11.8. The van der Waals surface area contributed by atoms with Crippen LogP contribution in [0.25, 0.3) is 0 Å². The highest BCUT2D eigenvalue weighted by Crippen LogP contribution is 2.29. The fourth-order valence-electron chi connectivity index (χ4n) is 2.08. The van der Waals surface area contributed by atoms with Gasteiger partial charge >= 0.3 is 0 Å². The summed E-state index contributed by atoms with van der Waals surface area (Å²) in [6, 6.07) is 5.07. The van der Waals surface area contributed by atoms with Gasteiger partial charge in [0.2, 0.25) is 5.91 Å². The molecule has 4 nitrogen and oxygen atoms in total. The van der Waals surface area contributed by atoms with Gasteiger partial charge in [-0.2, -0.15) is 0 Å². The zero-order valence-electron chi connectivity index (χ0n) is 9.27. The Kier molecular flexibility index (Phi) is 3.66. The SMILES string of the molecule is O=C1CC(CO)CN1c1ccc(Cl)cc1CO. The summed E-state index contributed by atoms with van der Waals surface area (Å²) >= 11 is 5.84. The Morgan fingerprint density at radius 1 is 1.41 bits per heavy atom. The largest absolute Gasteiger partial charge is 0.396 e. The van der Waals surface area contributed by atoms with E-state index in [1.54, 1.807) is 23.1 Å². The van der Waals surface area contributed by atoms with Crippen molar-refractivity contribution in [3.05, 3.63) is 28.8 Å². The molecule has 17 heavy (non-hydrogen) atoms. The molecule has 0 aromatic heterocycles. The second-order valence-corrected chi connectivity index (χ2v) is 4.62. The maximum Gasteiger partial charge on any atom is 0.227 e. The average Bonchev–Trinajstić information content (AvgIpc) is 2.70. The van der Waals surface area contributed by atoms with Gasteiger partial charge in [-0.15, -0.1) is 0 Å². The number of aliphatic hydroxyl groups is 2. The molecule has 0 saturated carbocycles. The minimum atomic E-state index is -0.163. The molecule has 0 radical (unpaired) electrons. The highest BCUT2D eigenvalue weighted by molar-refractivity contribution is 6.30. The van der Waals surface area contributed by atoms with Gasteiger partial charge in [0, 0.05) is 41.8 Å². The fourth-order valence-corrected chi connectivity index (χ4v) is 2.28. The summed E-state index contributed by atoms with van der Waals surface area (Å²) < 4.78 is 0. The summed E-state index contributed by atoms with van der Waals surface area (Å²) in [5.74, 6) is -0.0502. The van der Waals surface area contributed by atoms with Gasteiger partial charge in [-0.1, -0.05) is 11.6 Å². The Bertz CT molecular complexity index is 436. The molecule has 1 aliphatic heterocycles. The Labute approximate surface area is 104 Å². The predicted octanol–water partition coefficient (Wildman–Crippen LogP) is 1.18. The van der Waals surface area contributed by atoms with Gasteiger partial charge in [0.15, 0.2) is 0 Å². The van der Waals surface area contributed by atoms with E-state index in [2.05, 4.69) is 0 Å². The number of nitrogens with zero attached hydrogens (tertiary/aromatic N) is 1. The number of aliphatic hydroxyl groups excluding tert-OH is 2. The monoisotopic (exact) mass is 255 g/mol. The first-order valence-electron chi connectivity index (χ1n) is 5.46. The molecule has 1 unspecified atom stereocenters. The number of halogens is 1. The van der Waals surface area contributed by atoms with Gasteiger partial charge in [0.25, 0.3) is 0 Å². The van der Waals surface area contributed by atoms with Crippen LogP contribution in [0.2, 0.25) is 5.02 Å². The zero-order valence-corrected chi connectivity index (χ0v) is 10.0. The van der Waals surface area contributed by atoms with Gasteiger partial charge < -0.3 is 15.1 Å². The summed E-state index contributed by atoms with van der Waals surface area (Å²) in [6.45, 7) is 0.331. The number of carbonyl (C=O) groups is 1. The average molecular weight is 256 g/mol. The third-order valence-electron chi connectivity index (χ3n) is 2.97. The van der Waals surface area contributed by atoms with Crippen molar-refractivity contribution in [3.8, 4) is 0 Å². The summed E-state index contributed by atoms with van der Waals surface area (Å²) in [5.41, 5.74) is 1.31. The van der Waals surface area contributed by atoms with Crippen LogP contribution < -0.4 is 4.90 Å². The Balaban J connectivity index is 2.31.